The molecule has 6 heteroatoms. The monoisotopic (exact) mass is 911 g/mol. The van der Waals surface area contributed by atoms with Gasteiger partial charge < -0.3 is 14.2 Å². The summed E-state index contributed by atoms with van der Waals surface area (Å²) in [6.45, 7) is 6.28. The molecule has 66 heavy (non-hydrogen) atoms. The largest absolute Gasteiger partial charge is 0.462 e. The Morgan fingerprint density at radius 2 is 0.621 bits per heavy atom. The Kier molecular flexibility index (Phi) is 49.6. The van der Waals surface area contributed by atoms with Crippen LogP contribution in [0.4, 0.5) is 0 Å². The topological polar surface area (TPSA) is 78.9 Å². The van der Waals surface area contributed by atoms with Crippen molar-refractivity contribution in [3.05, 3.63) is 134 Å². The van der Waals surface area contributed by atoms with Crippen LogP contribution in [0.1, 0.15) is 207 Å². The number of carbonyl (C=O) groups is 3. The van der Waals surface area contributed by atoms with Crippen LogP contribution in [-0.2, 0) is 28.6 Å². The highest BCUT2D eigenvalue weighted by Crippen LogP contribution is 2.13. The Morgan fingerprint density at radius 3 is 0.985 bits per heavy atom. The zero-order valence-corrected chi connectivity index (χ0v) is 42.1. The Labute approximate surface area is 405 Å². The second-order valence-electron chi connectivity index (χ2n) is 16.7. The van der Waals surface area contributed by atoms with Crippen molar-refractivity contribution in [3.63, 3.8) is 0 Å². The maximum Gasteiger partial charge on any atom is 0.306 e. The molecule has 370 valence electrons. The van der Waals surface area contributed by atoms with E-state index >= 15 is 0 Å². The molecule has 6 nitrogen and oxygen atoms in total. The van der Waals surface area contributed by atoms with Crippen molar-refractivity contribution in [2.24, 2.45) is 0 Å². The lowest BCUT2D eigenvalue weighted by molar-refractivity contribution is -0.166. The first-order valence-electron chi connectivity index (χ1n) is 26.2. The first-order valence-corrected chi connectivity index (χ1v) is 26.2. The molecule has 0 aromatic heterocycles. The fourth-order valence-corrected chi connectivity index (χ4v) is 6.55. The van der Waals surface area contributed by atoms with Crippen molar-refractivity contribution in [1.82, 2.24) is 0 Å². The zero-order chi connectivity index (χ0) is 47.9. The van der Waals surface area contributed by atoms with Crippen molar-refractivity contribution in [1.29, 1.82) is 0 Å². The van der Waals surface area contributed by atoms with E-state index in [9.17, 15) is 14.4 Å². The number of ether oxygens (including phenoxy) is 3. The van der Waals surface area contributed by atoms with Crippen LogP contribution in [0, 0.1) is 0 Å². The minimum atomic E-state index is -0.832. The lowest BCUT2D eigenvalue weighted by Crippen LogP contribution is -2.30. The Balaban J connectivity index is 4.45. The van der Waals surface area contributed by atoms with Gasteiger partial charge in [-0.05, 0) is 103 Å². The van der Waals surface area contributed by atoms with Gasteiger partial charge in [0, 0.05) is 19.3 Å². The molecule has 0 rings (SSSR count). The molecule has 1 unspecified atom stereocenters. The predicted octanol–water partition coefficient (Wildman–Crippen LogP) is 17.5. The second-order valence-corrected chi connectivity index (χ2v) is 16.7. The molecule has 0 bridgehead atoms. The van der Waals surface area contributed by atoms with Gasteiger partial charge >= 0.3 is 17.9 Å². The highest BCUT2D eigenvalue weighted by Gasteiger charge is 2.19. The molecule has 0 saturated carbocycles. The molecule has 0 fully saturated rings. The van der Waals surface area contributed by atoms with Crippen molar-refractivity contribution in [3.8, 4) is 0 Å². The van der Waals surface area contributed by atoms with Crippen molar-refractivity contribution in [2.75, 3.05) is 13.2 Å². The van der Waals surface area contributed by atoms with Crippen molar-refractivity contribution < 1.29 is 28.6 Å². The molecule has 1 atom stereocenters. The van der Waals surface area contributed by atoms with E-state index in [0.717, 1.165) is 116 Å². The summed E-state index contributed by atoms with van der Waals surface area (Å²) in [4.78, 5) is 37.9. The second kappa shape index (κ2) is 53.2. The molecular formula is C60H94O6. The van der Waals surface area contributed by atoms with E-state index in [1.165, 1.54) is 44.9 Å². The summed E-state index contributed by atoms with van der Waals surface area (Å²) >= 11 is 0. The molecule has 0 aromatic rings. The van der Waals surface area contributed by atoms with E-state index in [0.29, 0.717) is 19.3 Å². The smallest absolute Gasteiger partial charge is 0.306 e. The van der Waals surface area contributed by atoms with Crippen LogP contribution in [-0.4, -0.2) is 37.2 Å². The molecule has 0 N–H and O–H groups in total. The van der Waals surface area contributed by atoms with E-state index in [1.54, 1.807) is 0 Å². The van der Waals surface area contributed by atoms with Crippen molar-refractivity contribution >= 4 is 17.9 Å². The summed E-state index contributed by atoms with van der Waals surface area (Å²) in [5.41, 5.74) is 0. The van der Waals surface area contributed by atoms with Gasteiger partial charge in [-0.25, -0.2) is 0 Å². The first kappa shape index (κ1) is 61.5. The third-order valence-corrected chi connectivity index (χ3v) is 10.4. The quantitative estimate of drug-likeness (QED) is 0.0262. The third kappa shape index (κ3) is 50.5. The van der Waals surface area contributed by atoms with Crippen LogP contribution >= 0.6 is 0 Å². The minimum absolute atomic E-state index is 0.121. The lowest BCUT2D eigenvalue weighted by atomic mass is 10.1. The Morgan fingerprint density at radius 1 is 0.318 bits per heavy atom. The number of rotatable bonds is 45. The maximum atomic E-state index is 12.7. The molecule has 0 aromatic carbocycles. The standard InChI is InChI=1S/C60H94O6/c1-4-7-10-13-16-19-22-24-25-26-27-28-29-30-31-32-33-34-35-37-38-41-44-47-50-53-59(62)65-56-57(55-64-58(61)52-49-46-43-40-21-18-15-12-9-6-3)66-60(63)54-51-48-45-42-39-36-23-20-17-14-11-8-5-2/h7-8,10-11,16-17,19-20,24-25,27-28,30-31,33-34,36-39,45,48,57H,4-6,9,12-15,18,21-23,26,29,32,35,40-44,46-47,49-56H2,1-3H3/b10-7-,11-8-,19-16-,20-17-,25-24-,28-27-,31-30-,34-33-,38-37-,39-36-,48-45-. The summed E-state index contributed by atoms with van der Waals surface area (Å²) in [6, 6.07) is 0. The van der Waals surface area contributed by atoms with Gasteiger partial charge in [-0.2, -0.15) is 0 Å². The highest BCUT2D eigenvalue weighted by molar-refractivity contribution is 5.71. The van der Waals surface area contributed by atoms with Gasteiger partial charge in [0.1, 0.15) is 13.2 Å². The molecular weight excluding hydrogens is 817 g/mol. The van der Waals surface area contributed by atoms with Gasteiger partial charge in [0.25, 0.3) is 0 Å². The van der Waals surface area contributed by atoms with E-state index < -0.39 is 12.1 Å². The Bertz CT molecular complexity index is 1460. The normalized spacial score (nSPS) is 13.2. The number of esters is 3. The fraction of sp³-hybridized carbons (Fsp3) is 0.583. The lowest BCUT2D eigenvalue weighted by Gasteiger charge is -2.18. The fourth-order valence-electron chi connectivity index (χ4n) is 6.55. The van der Waals surface area contributed by atoms with Crippen molar-refractivity contribution in [2.45, 2.75) is 213 Å². The Hall–Kier alpha value is -4.45. The maximum absolute atomic E-state index is 12.7. The number of hydrogen-bond donors (Lipinski definition) is 0. The summed E-state index contributed by atoms with van der Waals surface area (Å²) in [7, 11) is 0. The minimum Gasteiger partial charge on any atom is -0.462 e. The SMILES string of the molecule is CC/C=C\C/C=C\C/C=C\C/C=C\C/C=C\C/C=C\C/C=C\CCCCCC(=O)OCC(COC(=O)CCCCCCCCCCCC)OC(=O)CC/C=C\C/C=C\C/C=C\C/C=C\CC. The number of unbranched alkanes of at least 4 members (excludes halogenated alkanes) is 12. The van der Waals surface area contributed by atoms with Crippen LogP contribution in [0.5, 0.6) is 0 Å². The van der Waals surface area contributed by atoms with Crippen LogP contribution in [0.25, 0.3) is 0 Å². The summed E-state index contributed by atoms with van der Waals surface area (Å²) in [5, 5.41) is 0. The van der Waals surface area contributed by atoms with Crippen LogP contribution in [0.2, 0.25) is 0 Å². The highest BCUT2D eigenvalue weighted by atomic mass is 16.6. The number of hydrogen-bond acceptors (Lipinski definition) is 6. The van der Waals surface area contributed by atoms with Crippen LogP contribution in [0.3, 0.4) is 0 Å². The first-order chi connectivity index (χ1) is 32.5. The number of carbonyl (C=O) groups excluding carboxylic acids is 3. The van der Waals surface area contributed by atoms with Gasteiger partial charge in [-0.1, -0.05) is 219 Å². The molecule has 0 saturated heterocycles. The number of allylic oxidation sites excluding steroid dienone is 22. The van der Waals surface area contributed by atoms with Gasteiger partial charge in [0.05, 0.1) is 0 Å². The molecule has 0 spiro atoms. The molecule has 0 heterocycles. The van der Waals surface area contributed by atoms with E-state index in [4.69, 9.17) is 14.2 Å². The molecule has 0 aliphatic rings. The van der Waals surface area contributed by atoms with Crippen LogP contribution < -0.4 is 0 Å². The predicted molar refractivity (Wildman–Crippen MR) is 283 cm³/mol. The summed E-state index contributed by atoms with van der Waals surface area (Å²) < 4.78 is 16.7. The van der Waals surface area contributed by atoms with Crippen LogP contribution in [0.15, 0.2) is 134 Å². The zero-order valence-electron chi connectivity index (χ0n) is 42.1. The summed E-state index contributed by atoms with van der Waals surface area (Å²) in [6.07, 6.45) is 74.6. The van der Waals surface area contributed by atoms with Gasteiger partial charge in [-0.3, -0.25) is 14.4 Å². The third-order valence-electron chi connectivity index (χ3n) is 10.4. The van der Waals surface area contributed by atoms with E-state index in [2.05, 4.69) is 142 Å². The molecule has 0 aliphatic heterocycles. The molecule has 0 radical (unpaired) electrons. The average molecular weight is 911 g/mol. The van der Waals surface area contributed by atoms with Gasteiger partial charge in [0.15, 0.2) is 6.10 Å². The molecule has 0 aliphatic carbocycles. The van der Waals surface area contributed by atoms with Gasteiger partial charge in [0.2, 0.25) is 0 Å². The van der Waals surface area contributed by atoms with E-state index in [-0.39, 0.29) is 31.6 Å². The van der Waals surface area contributed by atoms with Gasteiger partial charge in [-0.15, -0.1) is 0 Å². The average Bonchev–Trinajstić information content (AvgIpc) is 3.31. The van der Waals surface area contributed by atoms with E-state index in [1.807, 2.05) is 12.2 Å². The molecule has 0 amide bonds. The summed E-state index contributed by atoms with van der Waals surface area (Å²) in [5.74, 6) is -1.05.